The van der Waals surface area contributed by atoms with Gasteiger partial charge < -0.3 is 10.2 Å². The first-order chi connectivity index (χ1) is 9.28. The highest BCUT2D eigenvalue weighted by Gasteiger charge is 2.31. The summed E-state index contributed by atoms with van der Waals surface area (Å²) in [5, 5.41) is 3.15. The van der Waals surface area contributed by atoms with Crippen molar-refractivity contribution < 1.29 is 13.2 Å². The zero-order chi connectivity index (χ0) is 14.8. The van der Waals surface area contributed by atoms with Crippen LogP contribution in [0.5, 0.6) is 0 Å². The molecule has 0 aliphatic carbocycles. The number of hydrogen-bond donors (Lipinski definition) is 1. The van der Waals surface area contributed by atoms with Crippen LogP contribution in [0.25, 0.3) is 0 Å². The quantitative estimate of drug-likeness (QED) is 0.925. The van der Waals surface area contributed by atoms with Crippen LogP contribution in [0.4, 0.5) is 19.0 Å². The molecule has 0 radical (unpaired) electrons. The van der Waals surface area contributed by atoms with Gasteiger partial charge in [-0.25, -0.2) is 4.98 Å². The van der Waals surface area contributed by atoms with E-state index in [2.05, 4.69) is 29.2 Å². The van der Waals surface area contributed by atoms with Crippen LogP contribution in [0.2, 0.25) is 0 Å². The molecule has 0 saturated carbocycles. The Hall–Kier alpha value is -1.30. The molecule has 1 aromatic rings. The Morgan fingerprint density at radius 3 is 2.45 bits per heavy atom. The summed E-state index contributed by atoms with van der Waals surface area (Å²) in [6, 6.07) is 2.45. The molecule has 0 unspecified atom stereocenters. The minimum absolute atomic E-state index is 0.177. The van der Waals surface area contributed by atoms with E-state index in [1.807, 2.05) is 0 Å². The Balaban J connectivity index is 1.91. The highest BCUT2D eigenvalue weighted by atomic mass is 19.4. The van der Waals surface area contributed by atoms with Gasteiger partial charge in [-0.2, -0.15) is 13.2 Å². The summed E-state index contributed by atoms with van der Waals surface area (Å²) >= 11 is 0. The maximum absolute atomic E-state index is 12.4. The van der Waals surface area contributed by atoms with Gasteiger partial charge in [0.2, 0.25) is 0 Å². The van der Waals surface area contributed by atoms with Crippen LogP contribution in [0.3, 0.4) is 0 Å². The van der Waals surface area contributed by atoms with Gasteiger partial charge in [-0.15, -0.1) is 0 Å². The Labute approximate surface area is 117 Å². The van der Waals surface area contributed by atoms with Gasteiger partial charge in [-0.1, -0.05) is 6.92 Å². The molecule has 0 amide bonds. The molecule has 0 aromatic carbocycles. The van der Waals surface area contributed by atoms with Crippen LogP contribution in [0.1, 0.15) is 25.3 Å². The molecule has 6 heteroatoms. The third-order valence-electron chi connectivity index (χ3n) is 3.98. The molecule has 0 spiro atoms. The molecule has 1 fully saturated rings. The van der Waals surface area contributed by atoms with E-state index < -0.39 is 11.7 Å². The summed E-state index contributed by atoms with van der Waals surface area (Å²) in [5.41, 5.74) is -0.537. The van der Waals surface area contributed by atoms with Crippen molar-refractivity contribution in [3.63, 3.8) is 0 Å². The zero-order valence-corrected chi connectivity index (χ0v) is 11.8. The molecule has 1 N–H and O–H groups in total. The first-order valence-electron chi connectivity index (χ1n) is 6.74. The summed E-state index contributed by atoms with van der Waals surface area (Å²) in [5.74, 6) is 0.498. The van der Waals surface area contributed by atoms with E-state index in [4.69, 9.17) is 0 Å². The second-order valence-electron chi connectivity index (χ2n) is 5.90. The summed E-state index contributed by atoms with van der Waals surface area (Å²) in [6.07, 6.45) is -1.29. The largest absolute Gasteiger partial charge is 0.417 e. The number of piperidine rings is 1. The van der Waals surface area contributed by atoms with Crippen LogP contribution in [-0.4, -0.2) is 36.6 Å². The SMILES string of the molecule is CN1CCC(C)(CNc2ccc(C(F)(F)F)cn2)CC1. The molecule has 0 atom stereocenters. The number of likely N-dealkylation sites (tertiary alicyclic amines) is 1. The van der Waals surface area contributed by atoms with Gasteiger partial charge in [-0.05, 0) is 50.5 Å². The fourth-order valence-corrected chi connectivity index (χ4v) is 2.31. The number of anilines is 1. The Morgan fingerprint density at radius 1 is 1.30 bits per heavy atom. The van der Waals surface area contributed by atoms with E-state index in [9.17, 15) is 13.2 Å². The molecule has 2 heterocycles. The number of pyridine rings is 1. The molecule has 20 heavy (non-hydrogen) atoms. The first-order valence-corrected chi connectivity index (χ1v) is 6.74. The third kappa shape index (κ3) is 3.85. The highest BCUT2D eigenvalue weighted by Crippen LogP contribution is 2.31. The molecule has 3 nitrogen and oxygen atoms in total. The van der Waals surface area contributed by atoms with E-state index in [0.717, 1.165) is 44.7 Å². The minimum Gasteiger partial charge on any atom is -0.370 e. The predicted octanol–water partition coefficient (Wildman–Crippen LogP) is 3.24. The summed E-state index contributed by atoms with van der Waals surface area (Å²) < 4.78 is 37.3. The molecule has 2 rings (SSSR count). The lowest BCUT2D eigenvalue weighted by atomic mass is 9.80. The fraction of sp³-hybridized carbons (Fsp3) is 0.643. The maximum atomic E-state index is 12.4. The van der Waals surface area contributed by atoms with Crippen LogP contribution >= 0.6 is 0 Å². The van der Waals surface area contributed by atoms with Crippen molar-refractivity contribution in [1.29, 1.82) is 0 Å². The van der Waals surface area contributed by atoms with Crippen molar-refractivity contribution in [3.8, 4) is 0 Å². The van der Waals surface area contributed by atoms with Crippen molar-refractivity contribution in [1.82, 2.24) is 9.88 Å². The van der Waals surface area contributed by atoms with Crippen LogP contribution in [-0.2, 0) is 6.18 Å². The number of nitrogens with one attached hydrogen (secondary N) is 1. The molecule has 1 saturated heterocycles. The van der Waals surface area contributed by atoms with Crippen LogP contribution in [0, 0.1) is 5.41 Å². The minimum atomic E-state index is -4.33. The number of hydrogen-bond acceptors (Lipinski definition) is 3. The van der Waals surface area contributed by atoms with Gasteiger partial charge in [0.1, 0.15) is 5.82 Å². The number of alkyl halides is 3. The van der Waals surface area contributed by atoms with Crippen molar-refractivity contribution in [2.24, 2.45) is 5.41 Å². The molecular formula is C14H20F3N3. The van der Waals surface area contributed by atoms with Crippen LogP contribution in [0.15, 0.2) is 18.3 Å². The number of nitrogens with zero attached hydrogens (tertiary/aromatic N) is 2. The van der Waals surface area contributed by atoms with Gasteiger partial charge in [0, 0.05) is 12.7 Å². The Morgan fingerprint density at radius 2 is 1.95 bits per heavy atom. The lowest BCUT2D eigenvalue weighted by Gasteiger charge is -2.38. The second-order valence-corrected chi connectivity index (χ2v) is 5.90. The average molecular weight is 287 g/mol. The predicted molar refractivity (Wildman–Crippen MR) is 72.6 cm³/mol. The van der Waals surface area contributed by atoms with Gasteiger partial charge in [0.15, 0.2) is 0 Å². The normalized spacial score (nSPS) is 19.9. The summed E-state index contributed by atoms with van der Waals surface area (Å²) in [4.78, 5) is 6.12. The maximum Gasteiger partial charge on any atom is 0.417 e. The number of rotatable bonds is 3. The van der Waals surface area contributed by atoms with E-state index in [-0.39, 0.29) is 5.41 Å². The second kappa shape index (κ2) is 5.60. The first kappa shape index (κ1) is 15.1. The van der Waals surface area contributed by atoms with Gasteiger partial charge >= 0.3 is 6.18 Å². The monoisotopic (exact) mass is 287 g/mol. The third-order valence-corrected chi connectivity index (χ3v) is 3.98. The van der Waals surface area contributed by atoms with Gasteiger partial charge in [0.05, 0.1) is 5.56 Å². The Bertz CT molecular complexity index is 434. The number of halogens is 3. The molecule has 0 bridgehead atoms. The topological polar surface area (TPSA) is 28.2 Å². The molecule has 1 aromatic heterocycles. The van der Waals surface area contributed by atoms with Crippen molar-refractivity contribution in [2.75, 3.05) is 32.0 Å². The van der Waals surface area contributed by atoms with E-state index >= 15 is 0 Å². The molecule has 1 aliphatic rings. The molecule has 112 valence electrons. The Kier molecular flexibility index (Phi) is 4.22. The standard InChI is InChI=1S/C14H20F3N3/c1-13(5-7-20(2)8-6-13)10-19-12-4-3-11(9-18-12)14(15,16)17/h3-4,9H,5-8,10H2,1-2H3,(H,18,19). The highest BCUT2D eigenvalue weighted by molar-refractivity contribution is 5.36. The van der Waals surface area contributed by atoms with Gasteiger partial charge in [-0.3, -0.25) is 0 Å². The van der Waals surface area contributed by atoms with E-state index in [0.29, 0.717) is 5.82 Å². The van der Waals surface area contributed by atoms with E-state index in [1.54, 1.807) is 0 Å². The lowest BCUT2D eigenvalue weighted by molar-refractivity contribution is -0.137. The average Bonchev–Trinajstić information content (AvgIpc) is 2.40. The fourth-order valence-electron chi connectivity index (χ4n) is 2.31. The van der Waals surface area contributed by atoms with Crippen molar-refractivity contribution in [2.45, 2.75) is 25.9 Å². The summed E-state index contributed by atoms with van der Waals surface area (Å²) in [7, 11) is 2.10. The molecule has 1 aliphatic heterocycles. The van der Waals surface area contributed by atoms with Crippen LogP contribution < -0.4 is 5.32 Å². The number of aromatic nitrogens is 1. The van der Waals surface area contributed by atoms with Gasteiger partial charge in [0.25, 0.3) is 0 Å². The lowest BCUT2D eigenvalue weighted by Crippen LogP contribution is -2.40. The summed E-state index contributed by atoms with van der Waals surface area (Å²) in [6.45, 7) is 5.05. The van der Waals surface area contributed by atoms with Crippen molar-refractivity contribution >= 4 is 5.82 Å². The molecular weight excluding hydrogens is 267 g/mol. The zero-order valence-electron chi connectivity index (χ0n) is 11.8. The van der Waals surface area contributed by atoms with E-state index in [1.165, 1.54) is 6.07 Å². The van der Waals surface area contributed by atoms with Crippen molar-refractivity contribution in [3.05, 3.63) is 23.9 Å². The smallest absolute Gasteiger partial charge is 0.370 e.